The summed E-state index contributed by atoms with van der Waals surface area (Å²) in [4.78, 5) is 21.5. The largest absolute Gasteiger partial charge is 0.326 e. The zero-order chi connectivity index (χ0) is 14.6. The van der Waals surface area contributed by atoms with Gasteiger partial charge >= 0.3 is 0 Å². The molecule has 0 aromatic heterocycles. The quantitative estimate of drug-likeness (QED) is 0.511. The van der Waals surface area contributed by atoms with Crippen molar-refractivity contribution in [3.05, 3.63) is 34.4 Å². The van der Waals surface area contributed by atoms with E-state index < -0.39 is 20.0 Å². The van der Waals surface area contributed by atoms with E-state index in [1.54, 1.807) is 0 Å². The number of benzene rings is 1. The average Bonchev–Trinajstić information content (AvgIpc) is 2.28. The number of carbonyl (C=O) groups is 1. The van der Waals surface area contributed by atoms with E-state index >= 15 is 0 Å². The molecule has 1 aromatic carbocycles. The minimum absolute atomic E-state index is 0.0745. The molecule has 0 heterocycles. The number of nitro groups is 1. The van der Waals surface area contributed by atoms with Gasteiger partial charge in [-0.25, -0.2) is 0 Å². The lowest BCUT2D eigenvalue weighted by atomic mass is 10.2. The highest BCUT2D eigenvalue weighted by Gasteiger charge is 2.32. The maximum Gasteiger partial charge on any atom is 0.269 e. The molecular formula is C10H8Cl4N2O3. The van der Waals surface area contributed by atoms with Crippen LogP contribution in [0, 0.1) is 10.1 Å². The maximum absolute atomic E-state index is 11.6. The van der Waals surface area contributed by atoms with Crippen molar-refractivity contribution in [2.45, 2.75) is 15.6 Å². The van der Waals surface area contributed by atoms with E-state index in [-0.39, 0.29) is 12.1 Å². The third-order valence-corrected chi connectivity index (χ3v) is 3.69. The van der Waals surface area contributed by atoms with Crippen LogP contribution in [0.15, 0.2) is 24.3 Å². The summed E-state index contributed by atoms with van der Waals surface area (Å²) in [6, 6.07) is 5.33. The molecule has 0 aliphatic heterocycles. The molecule has 5 nitrogen and oxygen atoms in total. The van der Waals surface area contributed by atoms with Crippen LogP contribution in [0.3, 0.4) is 0 Å². The zero-order valence-corrected chi connectivity index (χ0v) is 12.3. The van der Waals surface area contributed by atoms with Gasteiger partial charge in [0.25, 0.3) is 5.69 Å². The summed E-state index contributed by atoms with van der Waals surface area (Å²) < 4.78 is -1.74. The Hall–Kier alpha value is -0.750. The molecule has 0 saturated carbocycles. The minimum atomic E-state index is -1.74. The van der Waals surface area contributed by atoms with Gasteiger partial charge in [-0.05, 0) is 12.1 Å². The van der Waals surface area contributed by atoms with Crippen LogP contribution in [0.4, 0.5) is 11.4 Å². The van der Waals surface area contributed by atoms with Crippen LogP contribution in [-0.4, -0.2) is 20.0 Å². The molecule has 0 saturated heterocycles. The highest BCUT2D eigenvalue weighted by Crippen LogP contribution is 2.35. The summed E-state index contributed by atoms with van der Waals surface area (Å²) in [7, 11) is 0. The van der Waals surface area contributed by atoms with E-state index in [0.29, 0.717) is 5.69 Å². The van der Waals surface area contributed by atoms with Crippen LogP contribution in [0.1, 0.15) is 6.42 Å². The Labute approximate surface area is 128 Å². The fourth-order valence-electron chi connectivity index (χ4n) is 1.16. The molecule has 104 valence electrons. The van der Waals surface area contributed by atoms with Crippen molar-refractivity contribution in [1.82, 2.24) is 0 Å². The second-order valence-corrected chi connectivity index (χ2v) is 6.46. The molecule has 19 heavy (non-hydrogen) atoms. The number of nitrogens with one attached hydrogen (secondary N) is 1. The number of non-ortho nitro benzene ring substituents is 1. The number of hydrogen-bond acceptors (Lipinski definition) is 3. The summed E-state index contributed by atoms with van der Waals surface area (Å²) in [5.41, 5.74) is 0.318. The van der Waals surface area contributed by atoms with Gasteiger partial charge in [0.15, 0.2) is 0 Å². The molecule has 0 radical (unpaired) electrons. The second kappa shape index (κ2) is 6.61. The summed E-state index contributed by atoms with van der Waals surface area (Å²) >= 11 is 22.3. The lowest BCUT2D eigenvalue weighted by Crippen LogP contribution is -2.26. The molecule has 0 bridgehead atoms. The molecule has 0 aliphatic rings. The summed E-state index contributed by atoms with van der Waals surface area (Å²) in [5, 5.41) is 12.0. The molecule has 0 aliphatic carbocycles. The van der Waals surface area contributed by atoms with Crippen molar-refractivity contribution in [3.8, 4) is 0 Å². The Morgan fingerprint density at radius 2 is 1.84 bits per heavy atom. The Morgan fingerprint density at radius 3 is 2.26 bits per heavy atom. The molecule has 0 spiro atoms. The van der Waals surface area contributed by atoms with Crippen molar-refractivity contribution in [1.29, 1.82) is 0 Å². The van der Waals surface area contributed by atoms with Gasteiger partial charge < -0.3 is 5.32 Å². The first-order chi connectivity index (χ1) is 8.70. The second-order valence-electron chi connectivity index (χ2n) is 3.57. The third-order valence-electron chi connectivity index (χ3n) is 2.08. The Morgan fingerprint density at radius 1 is 1.32 bits per heavy atom. The van der Waals surface area contributed by atoms with Gasteiger partial charge in [-0.2, -0.15) is 0 Å². The molecule has 1 atom stereocenters. The number of halogens is 4. The normalized spacial score (nSPS) is 12.8. The number of amides is 1. The average molecular weight is 346 g/mol. The Balaban J connectivity index is 2.60. The number of carbonyl (C=O) groups excluding carboxylic acids is 1. The van der Waals surface area contributed by atoms with Crippen LogP contribution in [-0.2, 0) is 4.79 Å². The van der Waals surface area contributed by atoms with Gasteiger partial charge in [0, 0.05) is 24.2 Å². The summed E-state index contributed by atoms with van der Waals surface area (Å²) in [5.74, 6) is -0.458. The van der Waals surface area contributed by atoms with Gasteiger partial charge in [0.05, 0.1) is 10.3 Å². The summed E-state index contributed by atoms with van der Waals surface area (Å²) in [6.07, 6.45) is -0.199. The highest BCUT2D eigenvalue weighted by atomic mass is 35.6. The smallest absolute Gasteiger partial charge is 0.269 e. The first kappa shape index (κ1) is 16.3. The van der Waals surface area contributed by atoms with Gasteiger partial charge in [-0.15, -0.1) is 11.6 Å². The number of alkyl halides is 4. The van der Waals surface area contributed by atoms with E-state index in [1.807, 2.05) is 0 Å². The highest BCUT2D eigenvalue weighted by molar-refractivity contribution is 6.70. The Bertz CT molecular complexity index is 473. The first-order valence-electron chi connectivity index (χ1n) is 4.95. The van der Waals surface area contributed by atoms with Gasteiger partial charge in [0.1, 0.15) is 0 Å². The van der Waals surface area contributed by atoms with Crippen molar-refractivity contribution in [2.75, 3.05) is 5.32 Å². The maximum atomic E-state index is 11.6. The van der Waals surface area contributed by atoms with Crippen LogP contribution in [0.5, 0.6) is 0 Å². The molecule has 1 aromatic rings. The van der Waals surface area contributed by atoms with E-state index in [1.165, 1.54) is 24.3 Å². The number of nitro benzene ring substituents is 1. The number of rotatable bonds is 4. The standard InChI is InChI=1S/C10H8Cl4N2O3/c11-8(10(12,13)14)5-9(17)15-6-1-3-7(4-2-6)16(18)19/h1-4,8H,5H2,(H,15,17). The van der Waals surface area contributed by atoms with Crippen LogP contribution in [0.2, 0.25) is 0 Å². The first-order valence-corrected chi connectivity index (χ1v) is 6.52. The van der Waals surface area contributed by atoms with E-state index in [0.717, 1.165) is 0 Å². The predicted octanol–water partition coefficient (Wildman–Crippen LogP) is 3.90. The van der Waals surface area contributed by atoms with Crippen molar-refractivity contribution in [3.63, 3.8) is 0 Å². The predicted molar refractivity (Wildman–Crippen MR) is 76.3 cm³/mol. The topological polar surface area (TPSA) is 72.2 Å². The zero-order valence-electron chi connectivity index (χ0n) is 9.28. The SMILES string of the molecule is O=C(CC(Cl)C(Cl)(Cl)Cl)Nc1ccc([N+](=O)[O-])cc1. The van der Waals surface area contributed by atoms with E-state index in [2.05, 4.69) is 5.32 Å². The van der Waals surface area contributed by atoms with E-state index in [9.17, 15) is 14.9 Å². The van der Waals surface area contributed by atoms with Crippen molar-refractivity contribution in [2.24, 2.45) is 0 Å². The van der Waals surface area contributed by atoms with Crippen LogP contribution < -0.4 is 5.32 Å². The third kappa shape index (κ3) is 5.40. The molecule has 9 heteroatoms. The monoisotopic (exact) mass is 344 g/mol. The van der Waals surface area contributed by atoms with Gasteiger partial charge in [-0.3, -0.25) is 14.9 Å². The molecule has 1 N–H and O–H groups in total. The van der Waals surface area contributed by atoms with Crippen molar-refractivity contribution >= 4 is 63.7 Å². The minimum Gasteiger partial charge on any atom is -0.326 e. The lowest BCUT2D eigenvalue weighted by molar-refractivity contribution is -0.384. The van der Waals surface area contributed by atoms with Gasteiger partial charge in [-0.1, -0.05) is 34.8 Å². The van der Waals surface area contributed by atoms with Crippen molar-refractivity contribution < 1.29 is 9.72 Å². The number of anilines is 1. The number of nitrogens with zero attached hydrogens (tertiary/aromatic N) is 1. The van der Waals surface area contributed by atoms with Crippen LogP contribution >= 0.6 is 46.4 Å². The van der Waals surface area contributed by atoms with Gasteiger partial charge in [0.2, 0.25) is 9.70 Å². The number of hydrogen-bond donors (Lipinski definition) is 1. The van der Waals surface area contributed by atoms with E-state index in [4.69, 9.17) is 46.4 Å². The van der Waals surface area contributed by atoms with Crippen LogP contribution in [0.25, 0.3) is 0 Å². The Kier molecular flexibility index (Phi) is 5.67. The molecule has 1 unspecified atom stereocenters. The molecule has 1 rings (SSSR count). The molecular weight excluding hydrogens is 338 g/mol. The lowest BCUT2D eigenvalue weighted by Gasteiger charge is -2.17. The molecule has 1 amide bonds. The molecule has 0 fully saturated rings. The fourth-order valence-corrected chi connectivity index (χ4v) is 1.53. The summed E-state index contributed by atoms with van der Waals surface area (Å²) in [6.45, 7) is 0. The fraction of sp³-hybridized carbons (Fsp3) is 0.300.